The summed E-state index contributed by atoms with van der Waals surface area (Å²) in [7, 11) is 1.58. The first-order chi connectivity index (χ1) is 8.95. The van der Waals surface area contributed by atoms with Gasteiger partial charge in [-0.15, -0.1) is 0 Å². The number of halogens is 2. The third-order valence-electron chi connectivity index (χ3n) is 2.17. The molecule has 1 heterocycles. The predicted octanol–water partition coefficient (Wildman–Crippen LogP) is 1.94. The van der Waals surface area contributed by atoms with E-state index >= 15 is 0 Å². The molecule has 100 valence electrons. The highest BCUT2D eigenvalue weighted by Crippen LogP contribution is 2.22. The monoisotopic (exact) mass is 285 g/mol. The van der Waals surface area contributed by atoms with Gasteiger partial charge in [0.15, 0.2) is 11.0 Å². The molecule has 0 spiro atoms. The summed E-state index contributed by atoms with van der Waals surface area (Å²) in [6.45, 7) is 0. The van der Waals surface area contributed by atoms with Crippen LogP contribution in [0.3, 0.4) is 0 Å². The Morgan fingerprint density at radius 2 is 2.00 bits per heavy atom. The zero-order chi connectivity index (χ0) is 14.0. The number of carbonyl (C=O) groups is 1. The Morgan fingerprint density at radius 1 is 1.37 bits per heavy atom. The second-order valence-corrected chi connectivity index (χ2v) is 4.62. The van der Waals surface area contributed by atoms with E-state index in [-0.39, 0.29) is 17.1 Å². The van der Waals surface area contributed by atoms with Gasteiger partial charge in [0.1, 0.15) is 11.6 Å². The number of aryl methyl sites for hydroxylation is 1. The van der Waals surface area contributed by atoms with Gasteiger partial charge in [0.05, 0.1) is 5.75 Å². The summed E-state index contributed by atoms with van der Waals surface area (Å²) in [6, 6.07) is 2.99. The Morgan fingerprint density at radius 3 is 2.58 bits per heavy atom. The van der Waals surface area contributed by atoms with Crippen LogP contribution in [0.2, 0.25) is 0 Å². The predicted molar refractivity (Wildman–Crippen MR) is 64.7 cm³/mol. The number of hydrogen-bond acceptors (Lipinski definition) is 4. The van der Waals surface area contributed by atoms with E-state index in [1.165, 1.54) is 4.68 Å². The summed E-state index contributed by atoms with van der Waals surface area (Å²) < 4.78 is 27.5. The largest absolute Gasteiger partial charge is 0.481 e. The fourth-order valence-electron chi connectivity index (χ4n) is 1.43. The first kappa shape index (κ1) is 13.5. The van der Waals surface area contributed by atoms with Crippen molar-refractivity contribution in [3.63, 3.8) is 0 Å². The van der Waals surface area contributed by atoms with E-state index in [2.05, 4.69) is 10.1 Å². The standard InChI is InChI=1S/C11H9F2N3O2S/c1-16-11(19-5-9(17)18)14-10(15-16)6-2-7(12)4-8(13)3-6/h2-4H,5H2,1H3,(H,17,18). The summed E-state index contributed by atoms with van der Waals surface area (Å²) in [4.78, 5) is 14.5. The molecule has 0 aliphatic carbocycles. The molecule has 0 bridgehead atoms. The van der Waals surface area contributed by atoms with E-state index in [0.29, 0.717) is 5.16 Å². The van der Waals surface area contributed by atoms with Crippen LogP contribution < -0.4 is 0 Å². The zero-order valence-electron chi connectivity index (χ0n) is 9.80. The van der Waals surface area contributed by atoms with E-state index in [9.17, 15) is 13.6 Å². The smallest absolute Gasteiger partial charge is 0.313 e. The van der Waals surface area contributed by atoms with Crippen LogP contribution in [0.25, 0.3) is 11.4 Å². The lowest BCUT2D eigenvalue weighted by Gasteiger charge is -1.96. The molecule has 0 unspecified atom stereocenters. The molecule has 1 aromatic heterocycles. The number of carboxylic acid groups (broad SMARTS) is 1. The quantitative estimate of drug-likeness (QED) is 0.869. The lowest BCUT2D eigenvalue weighted by molar-refractivity contribution is -0.133. The first-order valence-electron chi connectivity index (χ1n) is 5.18. The molecule has 2 aromatic rings. The minimum absolute atomic E-state index is 0.147. The average Bonchev–Trinajstić information content (AvgIpc) is 2.67. The fraction of sp³-hybridized carbons (Fsp3) is 0.182. The summed E-state index contributed by atoms with van der Waals surface area (Å²) in [5, 5.41) is 12.9. The van der Waals surface area contributed by atoms with Crippen molar-refractivity contribution >= 4 is 17.7 Å². The topological polar surface area (TPSA) is 68.0 Å². The van der Waals surface area contributed by atoms with Crippen molar-refractivity contribution in [3.05, 3.63) is 29.8 Å². The zero-order valence-corrected chi connectivity index (χ0v) is 10.6. The van der Waals surface area contributed by atoms with Crippen LogP contribution in [0.15, 0.2) is 23.4 Å². The van der Waals surface area contributed by atoms with E-state index in [1.807, 2.05) is 0 Å². The van der Waals surface area contributed by atoms with E-state index in [4.69, 9.17) is 5.11 Å². The molecule has 0 amide bonds. The molecular weight excluding hydrogens is 276 g/mol. The maximum Gasteiger partial charge on any atom is 0.313 e. The molecule has 0 saturated heterocycles. The Hall–Kier alpha value is -1.96. The van der Waals surface area contributed by atoms with E-state index < -0.39 is 17.6 Å². The van der Waals surface area contributed by atoms with Gasteiger partial charge in [-0.3, -0.25) is 4.79 Å². The second-order valence-electron chi connectivity index (χ2n) is 3.68. The van der Waals surface area contributed by atoms with Gasteiger partial charge in [-0.25, -0.2) is 18.4 Å². The minimum atomic E-state index is -0.980. The third-order valence-corrected chi connectivity index (χ3v) is 3.17. The number of aromatic nitrogens is 3. The Labute approximate surface area is 111 Å². The second kappa shape index (κ2) is 5.35. The van der Waals surface area contributed by atoms with Crippen LogP contribution in [-0.2, 0) is 11.8 Å². The minimum Gasteiger partial charge on any atom is -0.481 e. The molecule has 1 N–H and O–H groups in total. The number of benzene rings is 1. The van der Waals surface area contributed by atoms with Crippen molar-refractivity contribution in [1.29, 1.82) is 0 Å². The molecule has 0 fully saturated rings. The Balaban J connectivity index is 2.30. The van der Waals surface area contributed by atoms with E-state index in [0.717, 1.165) is 30.0 Å². The van der Waals surface area contributed by atoms with Gasteiger partial charge < -0.3 is 5.11 Å². The van der Waals surface area contributed by atoms with Crippen LogP contribution in [0, 0.1) is 11.6 Å². The molecule has 1 aromatic carbocycles. The summed E-state index contributed by atoms with van der Waals surface area (Å²) in [5.41, 5.74) is 0.204. The maximum absolute atomic E-state index is 13.1. The summed E-state index contributed by atoms with van der Waals surface area (Å²) in [6.07, 6.45) is 0. The highest BCUT2D eigenvalue weighted by molar-refractivity contribution is 7.99. The van der Waals surface area contributed by atoms with Gasteiger partial charge in [0, 0.05) is 18.7 Å². The number of rotatable bonds is 4. The molecule has 2 rings (SSSR count). The van der Waals surface area contributed by atoms with Crippen LogP contribution in [0.5, 0.6) is 0 Å². The van der Waals surface area contributed by atoms with Crippen LogP contribution in [0.4, 0.5) is 8.78 Å². The van der Waals surface area contributed by atoms with Gasteiger partial charge in [-0.05, 0) is 12.1 Å². The summed E-state index contributed by atoms with van der Waals surface area (Å²) >= 11 is 0.981. The summed E-state index contributed by atoms with van der Waals surface area (Å²) in [5.74, 6) is -2.44. The number of nitrogens with zero attached hydrogens (tertiary/aromatic N) is 3. The molecule has 8 heteroatoms. The van der Waals surface area contributed by atoms with Gasteiger partial charge >= 0.3 is 5.97 Å². The fourth-order valence-corrected chi connectivity index (χ4v) is 2.06. The van der Waals surface area contributed by atoms with Crippen molar-refractivity contribution in [1.82, 2.24) is 14.8 Å². The van der Waals surface area contributed by atoms with Crippen LogP contribution in [0.1, 0.15) is 0 Å². The normalized spacial score (nSPS) is 10.7. The molecule has 0 saturated carbocycles. The van der Waals surface area contributed by atoms with E-state index in [1.54, 1.807) is 7.05 Å². The average molecular weight is 285 g/mol. The molecular formula is C11H9F2N3O2S. The lowest BCUT2D eigenvalue weighted by Crippen LogP contribution is -2.00. The number of hydrogen-bond donors (Lipinski definition) is 1. The van der Waals surface area contributed by atoms with Crippen LogP contribution >= 0.6 is 11.8 Å². The SMILES string of the molecule is Cn1nc(-c2cc(F)cc(F)c2)nc1SCC(=O)O. The van der Waals surface area contributed by atoms with Gasteiger partial charge in [-0.1, -0.05) is 11.8 Å². The van der Waals surface area contributed by atoms with Crippen molar-refractivity contribution in [2.24, 2.45) is 7.05 Å². The van der Waals surface area contributed by atoms with Crippen molar-refractivity contribution in [2.75, 3.05) is 5.75 Å². The molecule has 0 atom stereocenters. The lowest BCUT2D eigenvalue weighted by atomic mass is 10.2. The number of carboxylic acids is 1. The van der Waals surface area contributed by atoms with Crippen molar-refractivity contribution < 1.29 is 18.7 Å². The van der Waals surface area contributed by atoms with Crippen LogP contribution in [-0.4, -0.2) is 31.6 Å². The van der Waals surface area contributed by atoms with Gasteiger partial charge in [0.2, 0.25) is 0 Å². The first-order valence-corrected chi connectivity index (χ1v) is 6.16. The van der Waals surface area contributed by atoms with Gasteiger partial charge in [0.25, 0.3) is 0 Å². The number of thioether (sulfide) groups is 1. The molecule has 0 aliphatic heterocycles. The molecule has 0 aliphatic rings. The molecule has 19 heavy (non-hydrogen) atoms. The molecule has 5 nitrogen and oxygen atoms in total. The highest BCUT2D eigenvalue weighted by Gasteiger charge is 2.12. The Bertz CT molecular complexity index is 610. The maximum atomic E-state index is 13.1. The van der Waals surface area contributed by atoms with Crippen molar-refractivity contribution in [2.45, 2.75) is 5.16 Å². The number of aliphatic carboxylic acids is 1. The highest BCUT2D eigenvalue weighted by atomic mass is 32.2. The van der Waals surface area contributed by atoms with Crippen molar-refractivity contribution in [3.8, 4) is 11.4 Å². The van der Waals surface area contributed by atoms with Gasteiger partial charge in [-0.2, -0.15) is 5.10 Å². The molecule has 0 radical (unpaired) electrons. The third kappa shape index (κ3) is 3.28. The Kier molecular flexibility index (Phi) is 3.79.